The molecule has 0 aromatic rings. The Balaban J connectivity index is 0.000000154. The molecular formula is C42H64O7. The molecule has 0 saturated heterocycles. The fourth-order valence-electron chi connectivity index (χ4n) is 15.4. The summed E-state index contributed by atoms with van der Waals surface area (Å²) < 4.78 is 0. The Morgan fingerprint density at radius 2 is 1.04 bits per heavy atom. The van der Waals surface area contributed by atoms with Crippen molar-refractivity contribution >= 4 is 23.1 Å². The van der Waals surface area contributed by atoms with Gasteiger partial charge >= 0.3 is 0 Å². The molecule has 0 heterocycles. The van der Waals surface area contributed by atoms with Crippen LogP contribution in [0.1, 0.15) is 137 Å². The van der Waals surface area contributed by atoms with E-state index in [9.17, 15) is 34.5 Å². The van der Waals surface area contributed by atoms with Gasteiger partial charge in [-0.25, -0.2) is 0 Å². The topological polar surface area (TPSA) is 129 Å². The lowest BCUT2D eigenvalue weighted by molar-refractivity contribution is -0.163. The number of aliphatic hydroxyl groups excluding tert-OH is 3. The Kier molecular flexibility index (Phi) is 9.25. The van der Waals surface area contributed by atoms with Crippen LogP contribution in [-0.2, 0) is 19.2 Å². The molecule has 3 N–H and O–H groups in total. The van der Waals surface area contributed by atoms with Crippen molar-refractivity contribution in [2.75, 3.05) is 6.61 Å². The van der Waals surface area contributed by atoms with E-state index < -0.39 is 6.61 Å². The molecule has 274 valence electrons. The zero-order valence-corrected chi connectivity index (χ0v) is 30.9. The predicted molar refractivity (Wildman–Crippen MR) is 186 cm³/mol. The van der Waals surface area contributed by atoms with Crippen molar-refractivity contribution in [2.45, 2.75) is 150 Å². The average Bonchev–Trinajstić information content (AvgIpc) is 3.57. The minimum Gasteiger partial charge on any atom is -0.393 e. The maximum absolute atomic E-state index is 13.3. The standard InChI is InChI=1S/C21H32O4.C21H32O3/c1-20-8-7-13(23)9-12(20)3-4-14-15-5-6-16(18(25)11-22)21(15,2)10-17(24)19(14)20;1-12(22)16-6-7-17-15-5-4-13-10-14(23)8-9-20(13,2)19(15)18(24)11-21(16,17)3/h12-16,19,22-23H,3-11H2,1-2H3;13-17,19,23H,4-11H2,1-3H3/t12-,13+,14?,15?,16+,19?,20-,21-;13-,14+,15?,16+,17?,19?,20-,21+/m00/s1. The van der Waals surface area contributed by atoms with Crippen LogP contribution in [0.15, 0.2) is 0 Å². The molecule has 0 aromatic heterocycles. The van der Waals surface area contributed by atoms with Crippen LogP contribution in [-0.4, -0.2) is 57.3 Å². The van der Waals surface area contributed by atoms with E-state index in [0.29, 0.717) is 59.9 Å². The second-order valence-corrected chi connectivity index (χ2v) is 19.7. The molecule has 6 unspecified atom stereocenters. The number of fused-ring (bicyclic) bond motifs is 10. The zero-order chi connectivity index (χ0) is 35.3. The van der Waals surface area contributed by atoms with Crippen molar-refractivity contribution in [2.24, 2.45) is 80.8 Å². The van der Waals surface area contributed by atoms with Gasteiger partial charge in [0.1, 0.15) is 24.0 Å². The van der Waals surface area contributed by atoms with E-state index in [4.69, 9.17) is 0 Å². The number of aliphatic hydroxyl groups is 3. The van der Waals surface area contributed by atoms with Gasteiger partial charge in [-0.1, -0.05) is 27.7 Å². The van der Waals surface area contributed by atoms with E-state index in [1.54, 1.807) is 6.92 Å². The average molecular weight is 681 g/mol. The highest BCUT2D eigenvalue weighted by molar-refractivity contribution is 5.88. The monoisotopic (exact) mass is 680 g/mol. The summed E-state index contributed by atoms with van der Waals surface area (Å²) in [7, 11) is 0. The summed E-state index contributed by atoms with van der Waals surface area (Å²) in [5.74, 6) is 4.01. The molecule has 8 rings (SSSR count). The number of carbonyl (C=O) groups excluding carboxylic acids is 4. The lowest BCUT2D eigenvalue weighted by Gasteiger charge is -2.59. The summed E-state index contributed by atoms with van der Waals surface area (Å²) in [6.45, 7) is 10.3. The van der Waals surface area contributed by atoms with Crippen LogP contribution < -0.4 is 0 Å². The molecule has 16 atom stereocenters. The van der Waals surface area contributed by atoms with Crippen molar-refractivity contribution in [3.05, 3.63) is 0 Å². The van der Waals surface area contributed by atoms with Gasteiger partial charge in [-0.3, -0.25) is 19.2 Å². The lowest BCUT2D eigenvalue weighted by Crippen LogP contribution is -2.58. The van der Waals surface area contributed by atoms with Gasteiger partial charge in [0.05, 0.1) is 12.2 Å². The summed E-state index contributed by atoms with van der Waals surface area (Å²) >= 11 is 0. The number of rotatable bonds is 3. The predicted octanol–water partition coefficient (Wildman–Crippen LogP) is 6.52. The Labute approximate surface area is 294 Å². The summed E-state index contributed by atoms with van der Waals surface area (Å²) in [6, 6.07) is 0. The normalized spacial score (nSPS) is 53.1. The second kappa shape index (κ2) is 12.6. The quantitative estimate of drug-likeness (QED) is 0.310. The van der Waals surface area contributed by atoms with Gasteiger partial charge in [-0.05, 0) is 154 Å². The van der Waals surface area contributed by atoms with Crippen LogP contribution >= 0.6 is 0 Å². The van der Waals surface area contributed by atoms with Gasteiger partial charge in [0.15, 0.2) is 5.78 Å². The van der Waals surface area contributed by atoms with Crippen molar-refractivity contribution < 1.29 is 34.5 Å². The Bertz CT molecular complexity index is 1360. The third-order valence-corrected chi connectivity index (χ3v) is 17.7. The van der Waals surface area contributed by atoms with E-state index in [-0.39, 0.29) is 69.1 Å². The summed E-state index contributed by atoms with van der Waals surface area (Å²) in [5.41, 5.74) is -0.245. The number of Topliss-reactive ketones (excluding diaryl/α,β-unsaturated/α-hetero) is 4. The van der Waals surface area contributed by atoms with Crippen LogP contribution in [0.2, 0.25) is 0 Å². The molecule has 0 aliphatic heterocycles. The first kappa shape index (κ1) is 35.9. The maximum atomic E-state index is 13.3. The van der Waals surface area contributed by atoms with Crippen LogP contribution in [0.3, 0.4) is 0 Å². The highest BCUT2D eigenvalue weighted by Crippen LogP contribution is 2.68. The van der Waals surface area contributed by atoms with Crippen LogP contribution in [0, 0.1) is 80.8 Å². The molecule has 8 aliphatic carbocycles. The van der Waals surface area contributed by atoms with E-state index in [2.05, 4.69) is 27.7 Å². The minimum atomic E-state index is -0.396. The Morgan fingerprint density at radius 3 is 1.47 bits per heavy atom. The van der Waals surface area contributed by atoms with Crippen LogP contribution in [0.5, 0.6) is 0 Å². The molecule has 0 bridgehead atoms. The third-order valence-electron chi connectivity index (χ3n) is 17.7. The van der Waals surface area contributed by atoms with Gasteiger partial charge in [0.25, 0.3) is 0 Å². The Morgan fingerprint density at radius 1 is 0.612 bits per heavy atom. The van der Waals surface area contributed by atoms with Crippen molar-refractivity contribution in [3.63, 3.8) is 0 Å². The number of hydrogen-bond acceptors (Lipinski definition) is 7. The van der Waals surface area contributed by atoms with E-state index in [1.165, 1.54) is 0 Å². The summed E-state index contributed by atoms with van der Waals surface area (Å²) in [6.07, 6.45) is 14.5. The molecule has 8 saturated carbocycles. The summed E-state index contributed by atoms with van der Waals surface area (Å²) in [5, 5.41) is 29.5. The van der Waals surface area contributed by atoms with Crippen molar-refractivity contribution in [1.29, 1.82) is 0 Å². The van der Waals surface area contributed by atoms with Crippen molar-refractivity contribution in [3.8, 4) is 0 Å². The van der Waals surface area contributed by atoms with E-state index in [0.717, 1.165) is 89.9 Å². The van der Waals surface area contributed by atoms with Gasteiger partial charge in [0, 0.05) is 36.5 Å². The first-order valence-corrected chi connectivity index (χ1v) is 20.1. The van der Waals surface area contributed by atoms with Crippen LogP contribution in [0.25, 0.3) is 0 Å². The molecule has 7 heteroatoms. The fraction of sp³-hybridized carbons (Fsp3) is 0.905. The van der Waals surface area contributed by atoms with E-state index in [1.807, 2.05) is 0 Å². The SMILES string of the molecule is CC(=O)[C@H]1CCC2C3CC[C@H]4C[C@H](O)CC[C@]4(C)C3C(=O)C[C@@]21C.C[C@]12CC(=O)C3C(CC[C@H]4C[C@H](O)CC[C@]34C)C1CC[C@@H]2C(=O)CO. The molecule has 49 heavy (non-hydrogen) atoms. The highest BCUT2D eigenvalue weighted by atomic mass is 16.3. The Hall–Kier alpha value is -1.44. The number of ketones is 4. The molecule has 7 nitrogen and oxygen atoms in total. The molecule has 0 spiro atoms. The fourth-order valence-corrected chi connectivity index (χ4v) is 15.4. The van der Waals surface area contributed by atoms with Crippen LogP contribution in [0.4, 0.5) is 0 Å². The van der Waals surface area contributed by atoms with Gasteiger partial charge in [-0.2, -0.15) is 0 Å². The number of hydrogen-bond donors (Lipinski definition) is 3. The molecule has 0 aromatic carbocycles. The maximum Gasteiger partial charge on any atom is 0.161 e. The second-order valence-electron chi connectivity index (χ2n) is 19.7. The van der Waals surface area contributed by atoms with Gasteiger partial charge in [0.2, 0.25) is 0 Å². The summed E-state index contributed by atoms with van der Waals surface area (Å²) in [4.78, 5) is 51.1. The first-order chi connectivity index (χ1) is 23.1. The zero-order valence-electron chi connectivity index (χ0n) is 30.9. The molecule has 8 aliphatic rings. The van der Waals surface area contributed by atoms with Gasteiger partial charge < -0.3 is 15.3 Å². The molecular weight excluding hydrogens is 616 g/mol. The van der Waals surface area contributed by atoms with Gasteiger partial charge in [-0.15, -0.1) is 0 Å². The minimum absolute atomic E-state index is 0.0274. The molecule has 8 fully saturated rings. The number of carbonyl (C=O) groups is 4. The lowest BCUT2D eigenvalue weighted by atomic mass is 9.44. The van der Waals surface area contributed by atoms with E-state index >= 15 is 0 Å². The first-order valence-electron chi connectivity index (χ1n) is 20.1. The smallest absolute Gasteiger partial charge is 0.161 e. The highest BCUT2D eigenvalue weighted by Gasteiger charge is 2.65. The van der Waals surface area contributed by atoms with Crippen molar-refractivity contribution in [1.82, 2.24) is 0 Å². The molecule has 0 radical (unpaired) electrons. The third kappa shape index (κ3) is 5.42. The largest absolute Gasteiger partial charge is 0.393 e. The molecule has 0 amide bonds.